The molecule has 0 radical (unpaired) electrons. The highest BCUT2D eigenvalue weighted by Crippen LogP contribution is 2.40. The molecule has 4 aromatic rings. The van der Waals surface area contributed by atoms with Crippen molar-refractivity contribution in [1.29, 1.82) is 0 Å². The Hall–Kier alpha value is -4.09. The van der Waals surface area contributed by atoms with Gasteiger partial charge in [0.25, 0.3) is 11.5 Å². The fraction of sp³-hybridized carbons (Fsp3) is 0.286. The first kappa shape index (κ1) is 28.9. The molecule has 2 aromatic heterocycles. The van der Waals surface area contributed by atoms with E-state index in [-0.39, 0.29) is 33.6 Å². The van der Waals surface area contributed by atoms with Crippen molar-refractivity contribution in [2.45, 2.75) is 27.7 Å². The number of aromatic nitrogens is 2. The number of nitrogens with zero attached hydrogens (tertiary/aromatic N) is 2. The number of hydrogen-bond acceptors (Lipinski definition) is 9. The smallest absolute Gasteiger partial charge is 0.359 e. The Morgan fingerprint density at radius 1 is 0.975 bits per heavy atom. The number of nitrogens with one attached hydrogen (secondary N) is 1. The Morgan fingerprint density at radius 3 is 2.25 bits per heavy atom. The standard InChI is InChI=1S/C28H28ClN3O7S/c1-5-36-20-12-16(13-21(37-6-2)24(20)38-7-3)25(33)30-26-22-19(15-40-26)23(28(35)39-8-4)31-32(27(22)34)18-11-9-10-17(29)14-18/h9-15H,5-8H2,1-4H3,(H,30,33). The second kappa shape index (κ2) is 12.8. The highest BCUT2D eigenvalue weighted by atomic mass is 35.5. The molecule has 0 saturated heterocycles. The number of hydrogen-bond donors (Lipinski definition) is 1. The number of anilines is 1. The molecule has 0 fully saturated rings. The Labute approximate surface area is 239 Å². The third-order valence-electron chi connectivity index (χ3n) is 5.57. The number of fused-ring (bicyclic) bond motifs is 1. The lowest BCUT2D eigenvalue weighted by atomic mass is 10.1. The molecule has 0 aliphatic rings. The lowest BCUT2D eigenvalue weighted by Crippen LogP contribution is -2.25. The fourth-order valence-electron chi connectivity index (χ4n) is 3.97. The van der Waals surface area contributed by atoms with Gasteiger partial charge in [-0.2, -0.15) is 9.78 Å². The van der Waals surface area contributed by atoms with Crippen LogP contribution in [-0.2, 0) is 4.74 Å². The number of esters is 1. The monoisotopic (exact) mass is 585 g/mol. The van der Waals surface area contributed by atoms with E-state index in [1.807, 2.05) is 20.8 Å². The van der Waals surface area contributed by atoms with Crippen molar-refractivity contribution in [3.8, 4) is 22.9 Å². The Balaban J connectivity index is 1.84. The summed E-state index contributed by atoms with van der Waals surface area (Å²) in [5, 5.41) is 9.67. The van der Waals surface area contributed by atoms with Gasteiger partial charge in [-0.1, -0.05) is 17.7 Å². The number of amides is 1. The average molecular weight is 586 g/mol. The van der Waals surface area contributed by atoms with Crippen LogP contribution in [0.15, 0.2) is 46.6 Å². The fourth-order valence-corrected chi connectivity index (χ4v) is 5.09. The van der Waals surface area contributed by atoms with E-state index < -0.39 is 17.4 Å². The van der Waals surface area contributed by atoms with Crippen molar-refractivity contribution >= 4 is 50.6 Å². The van der Waals surface area contributed by atoms with Gasteiger partial charge in [-0.15, -0.1) is 11.3 Å². The van der Waals surface area contributed by atoms with Crippen molar-refractivity contribution in [3.63, 3.8) is 0 Å². The maximum atomic E-state index is 13.7. The van der Waals surface area contributed by atoms with Crippen LogP contribution in [0.25, 0.3) is 16.5 Å². The van der Waals surface area contributed by atoms with E-state index in [4.69, 9.17) is 30.5 Å². The van der Waals surface area contributed by atoms with E-state index in [9.17, 15) is 14.4 Å². The Kier molecular flexibility index (Phi) is 9.28. The zero-order chi connectivity index (χ0) is 28.8. The summed E-state index contributed by atoms with van der Waals surface area (Å²) in [7, 11) is 0. The van der Waals surface area contributed by atoms with Gasteiger partial charge in [0.2, 0.25) is 5.75 Å². The molecule has 10 nitrogen and oxygen atoms in total. The van der Waals surface area contributed by atoms with Gasteiger partial charge in [-0.05, 0) is 58.0 Å². The third kappa shape index (κ3) is 5.90. The molecule has 12 heteroatoms. The Bertz CT molecular complexity index is 1590. The van der Waals surface area contributed by atoms with Crippen LogP contribution < -0.4 is 25.1 Å². The quantitative estimate of drug-likeness (QED) is 0.222. The van der Waals surface area contributed by atoms with E-state index >= 15 is 0 Å². The number of rotatable bonds is 11. The van der Waals surface area contributed by atoms with Crippen LogP contribution in [0.1, 0.15) is 48.5 Å². The average Bonchev–Trinajstić information content (AvgIpc) is 3.35. The highest BCUT2D eigenvalue weighted by Gasteiger charge is 2.24. The molecule has 40 heavy (non-hydrogen) atoms. The summed E-state index contributed by atoms with van der Waals surface area (Å²) in [6.45, 7) is 8.34. The first-order valence-corrected chi connectivity index (χ1v) is 13.9. The first-order chi connectivity index (χ1) is 19.3. The van der Waals surface area contributed by atoms with Crippen molar-refractivity contribution in [3.05, 3.63) is 68.4 Å². The normalized spacial score (nSPS) is 10.8. The van der Waals surface area contributed by atoms with Crippen molar-refractivity contribution in [2.24, 2.45) is 0 Å². The van der Waals surface area contributed by atoms with Crippen LogP contribution in [0.2, 0.25) is 5.02 Å². The van der Waals surface area contributed by atoms with Crippen LogP contribution >= 0.6 is 22.9 Å². The van der Waals surface area contributed by atoms with Gasteiger partial charge >= 0.3 is 5.97 Å². The molecular formula is C28H28ClN3O7S. The number of halogens is 1. The van der Waals surface area contributed by atoms with Crippen molar-refractivity contribution < 1.29 is 28.5 Å². The van der Waals surface area contributed by atoms with Crippen LogP contribution in [-0.4, -0.2) is 48.1 Å². The second-order valence-corrected chi connectivity index (χ2v) is 9.49. The number of ether oxygens (including phenoxy) is 4. The molecule has 0 atom stereocenters. The minimum Gasteiger partial charge on any atom is -0.490 e. The van der Waals surface area contributed by atoms with Crippen LogP contribution in [0, 0.1) is 0 Å². The predicted octanol–water partition coefficient (Wildman–Crippen LogP) is 5.73. The van der Waals surface area contributed by atoms with Crippen LogP contribution in [0.3, 0.4) is 0 Å². The maximum Gasteiger partial charge on any atom is 0.359 e. The molecule has 0 aliphatic carbocycles. The van der Waals surface area contributed by atoms with Crippen molar-refractivity contribution in [2.75, 3.05) is 31.7 Å². The lowest BCUT2D eigenvalue weighted by Gasteiger charge is -2.17. The molecule has 0 aliphatic heterocycles. The van der Waals surface area contributed by atoms with Gasteiger partial charge in [0.15, 0.2) is 17.2 Å². The van der Waals surface area contributed by atoms with E-state index in [1.165, 1.54) is 0 Å². The zero-order valence-electron chi connectivity index (χ0n) is 22.4. The number of benzene rings is 2. The SMILES string of the molecule is CCOC(=O)c1nn(-c2cccc(Cl)c2)c(=O)c2c(NC(=O)c3cc(OCC)c(OCC)c(OCC)c3)scc12. The highest BCUT2D eigenvalue weighted by molar-refractivity contribution is 7.16. The molecule has 0 saturated carbocycles. The van der Waals surface area contributed by atoms with E-state index in [1.54, 1.807) is 48.7 Å². The van der Waals surface area contributed by atoms with E-state index in [0.29, 0.717) is 47.8 Å². The predicted molar refractivity (Wildman–Crippen MR) is 154 cm³/mol. The van der Waals surface area contributed by atoms with Gasteiger partial charge < -0.3 is 24.3 Å². The molecule has 2 aromatic carbocycles. The molecule has 1 N–H and O–H groups in total. The van der Waals surface area contributed by atoms with Crippen LogP contribution in [0.5, 0.6) is 17.2 Å². The number of carbonyl (C=O) groups is 2. The van der Waals surface area contributed by atoms with Gasteiger partial charge in [0, 0.05) is 21.4 Å². The Morgan fingerprint density at radius 2 is 1.65 bits per heavy atom. The largest absolute Gasteiger partial charge is 0.490 e. The molecule has 2 heterocycles. The van der Waals surface area contributed by atoms with Gasteiger partial charge in [0.1, 0.15) is 5.00 Å². The summed E-state index contributed by atoms with van der Waals surface area (Å²) < 4.78 is 23.4. The summed E-state index contributed by atoms with van der Waals surface area (Å²) in [6, 6.07) is 9.60. The van der Waals surface area contributed by atoms with E-state index in [2.05, 4.69) is 10.4 Å². The third-order valence-corrected chi connectivity index (χ3v) is 6.70. The lowest BCUT2D eigenvalue weighted by molar-refractivity contribution is 0.0520. The second-order valence-electron chi connectivity index (χ2n) is 8.17. The summed E-state index contributed by atoms with van der Waals surface area (Å²) in [6.07, 6.45) is 0. The summed E-state index contributed by atoms with van der Waals surface area (Å²) in [5.41, 5.74) is -0.0283. The van der Waals surface area contributed by atoms with Crippen LogP contribution in [0.4, 0.5) is 5.00 Å². The molecule has 0 unspecified atom stereocenters. The molecule has 0 spiro atoms. The van der Waals surface area contributed by atoms with Gasteiger partial charge in [-0.3, -0.25) is 9.59 Å². The minimum absolute atomic E-state index is 0.0634. The summed E-state index contributed by atoms with van der Waals surface area (Å²) in [5.74, 6) is -0.105. The van der Waals surface area contributed by atoms with E-state index in [0.717, 1.165) is 16.0 Å². The molecule has 210 valence electrons. The zero-order valence-corrected chi connectivity index (χ0v) is 24.0. The number of carbonyl (C=O) groups excluding carboxylic acids is 2. The topological polar surface area (TPSA) is 118 Å². The molecule has 1 amide bonds. The van der Waals surface area contributed by atoms with Gasteiger partial charge in [-0.25, -0.2) is 4.79 Å². The molecular weight excluding hydrogens is 558 g/mol. The summed E-state index contributed by atoms with van der Waals surface area (Å²) in [4.78, 5) is 40.0. The number of thiophene rings is 1. The molecule has 0 bridgehead atoms. The van der Waals surface area contributed by atoms with Crippen molar-refractivity contribution in [1.82, 2.24) is 9.78 Å². The summed E-state index contributed by atoms with van der Waals surface area (Å²) >= 11 is 7.24. The first-order valence-electron chi connectivity index (χ1n) is 12.7. The maximum absolute atomic E-state index is 13.7. The van der Waals surface area contributed by atoms with Gasteiger partial charge in [0.05, 0.1) is 37.5 Å². The minimum atomic E-state index is -0.701. The molecule has 4 rings (SSSR count).